The Kier molecular flexibility index (Phi) is 5.20. The molecule has 1 aliphatic heterocycles. The van der Waals surface area contributed by atoms with Gasteiger partial charge in [0.25, 0.3) is 5.92 Å². The second kappa shape index (κ2) is 7.59. The SMILES string of the molecule is O=C(NCC(F)(F)F)[C@@H]1CC(F)(F)CN1c1cncc(-c2c[nH]c3ncc(Cl)cc23)n1. The van der Waals surface area contributed by atoms with E-state index in [4.69, 9.17) is 11.6 Å². The normalized spacial score (nSPS) is 18.5. The lowest BCUT2D eigenvalue weighted by Gasteiger charge is -2.24. The van der Waals surface area contributed by atoms with Crippen molar-refractivity contribution in [2.75, 3.05) is 18.0 Å². The number of alkyl halides is 5. The molecule has 4 heterocycles. The number of fused-ring (bicyclic) bond motifs is 1. The molecule has 0 radical (unpaired) electrons. The summed E-state index contributed by atoms with van der Waals surface area (Å²) >= 11 is 5.99. The highest BCUT2D eigenvalue weighted by Crippen LogP contribution is 2.36. The molecule has 0 aliphatic carbocycles. The Hall–Kier alpha value is -3.02. The molecule has 31 heavy (non-hydrogen) atoms. The molecule has 2 N–H and O–H groups in total. The Morgan fingerprint density at radius 3 is 2.84 bits per heavy atom. The van der Waals surface area contributed by atoms with E-state index in [-0.39, 0.29) is 11.5 Å². The molecule has 1 amide bonds. The average molecular weight is 461 g/mol. The van der Waals surface area contributed by atoms with E-state index in [1.54, 1.807) is 17.6 Å². The van der Waals surface area contributed by atoms with E-state index in [9.17, 15) is 26.7 Å². The Morgan fingerprint density at radius 2 is 2.10 bits per heavy atom. The predicted molar refractivity (Wildman–Crippen MR) is 102 cm³/mol. The van der Waals surface area contributed by atoms with Crippen molar-refractivity contribution in [3.63, 3.8) is 0 Å². The first-order valence-corrected chi connectivity index (χ1v) is 9.34. The second-order valence-corrected chi connectivity index (χ2v) is 7.49. The Bertz CT molecular complexity index is 1130. The lowest BCUT2D eigenvalue weighted by molar-refractivity contribution is -0.139. The van der Waals surface area contributed by atoms with Crippen LogP contribution in [0.1, 0.15) is 6.42 Å². The summed E-state index contributed by atoms with van der Waals surface area (Å²) < 4.78 is 65.4. The van der Waals surface area contributed by atoms with Gasteiger partial charge in [-0.3, -0.25) is 9.78 Å². The van der Waals surface area contributed by atoms with Crippen molar-refractivity contribution >= 4 is 34.4 Å². The van der Waals surface area contributed by atoms with Crippen LogP contribution in [0.25, 0.3) is 22.3 Å². The first-order chi connectivity index (χ1) is 14.5. The Morgan fingerprint density at radius 1 is 1.32 bits per heavy atom. The fourth-order valence-electron chi connectivity index (χ4n) is 3.41. The van der Waals surface area contributed by atoms with E-state index in [1.807, 2.05) is 0 Å². The van der Waals surface area contributed by atoms with Crippen molar-refractivity contribution in [3.8, 4) is 11.3 Å². The summed E-state index contributed by atoms with van der Waals surface area (Å²) in [5, 5.41) is 2.65. The number of amides is 1. The fraction of sp³-hybridized carbons (Fsp3) is 0.333. The van der Waals surface area contributed by atoms with Gasteiger partial charge in [-0.05, 0) is 6.07 Å². The molecule has 13 heteroatoms. The standard InChI is InChI=1S/C18H14ClF5N6O/c19-9-1-10-11(4-27-15(10)26-3-9)12-5-25-6-14(29-12)30-8-17(20,21)2-13(30)16(31)28-7-18(22,23)24/h1,3-6,13H,2,7-8H2,(H,26,27)(H,28,31)/t13-/m0/s1. The topological polar surface area (TPSA) is 86.8 Å². The van der Waals surface area contributed by atoms with Gasteiger partial charge in [-0.25, -0.2) is 18.7 Å². The van der Waals surface area contributed by atoms with Crippen molar-refractivity contribution in [3.05, 3.63) is 35.9 Å². The van der Waals surface area contributed by atoms with Gasteiger partial charge in [-0.15, -0.1) is 0 Å². The highest BCUT2D eigenvalue weighted by Gasteiger charge is 2.49. The van der Waals surface area contributed by atoms with Gasteiger partial charge in [-0.2, -0.15) is 13.2 Å². The maximum Gasteiger partial charge on any atom is 0.405 e. The number of rotatable bonds is 4. The summed E-state index contributed by atoms with van der Waals surface area (Å²) in [6.07, 6.45) is 0.00675. The van der Waals surface area contributed by atoms with Gasteiger partial charge >= 0.3 is 6.18 Å². The molecule has 0 aromatic carbocycles. The maximum absolute atomic E-state index is 14.1. The summed E-state index contributed by atoms with van der Waals surface area (Å²) in [5.74, 6) is -4.51. The van der Waals surface area contributed by atoms with Gasteiger partial charge in [0.2, 0.25) is 5.91 Å². The molecule has 4 rings (SSSR count). The van der Waals surface area contributed by atoms with E-state index in [1.165, 1.54) is 18.6 Å². The number of hydrogen-bond acceptors (Lipinski definition) is 5. The highest BCUT2D eigenvalue weighted by atomic mass is 35.5. The number of carbonyl (C=O) groups is 1. The van der Waals surface area contributed by atoms with Gasteiger partial charge in [0.1, 0.15) is 24.1 Å². The van der Waals surface area contributed by atoms with Gasteiger partial charge in [0.05, 0.1) is 29.7 Å². The van der Waals surface area contributed by atoms with E-state index in [2.05, 4.69) is 19.9 Å². The van der Waals surface area contributed by atoms with Crippen molar-refractivity contribution in [1.29, 1.82) is 0 Å². The van der Waals surface area contributed by atoms with E-state index in [0.29, 0.717) is 21.6 Å². The third kappa shape index (κ3) is 4.53. The molecule has 0 saturated carbocycles. The summed E-state index contributed by atoms with van der Waals surface area (Å²) in [7, 11) is 0. The molecular weight excluding hydrogens is 447 g/mol. The quantitative estimate of drug-likeness (QED) is 0.581. The minimum absolute atomic E-state index is 0.0637. The number of pyridine rings is 1. The number of anilines is 1. The molecule has 3 aromatic heterocycles. The maximum atomic E-state index is 14.1. The third-order valence-corrected chi connectivity index (χ3v) is 4.93. The number of H-pyrrole nitrogens is 1. The first kappa shape index (κ1) is 21.2. The number of aromatic nitrogens is 4. The van der Waals surface area contributed by atoms with Crippen LogP contribution in [-0.2, 0) is 4.79 Å². The van der Waals surface area contributed by atoms with Crippen molar-refractivity contribution in [2.45, 2.75) is 24.6 Å². The van der Waals surface area contributed by atoms with E-state index >= 15 is 0 Å². The first-order valence-electron chi connectivity index (χ1n) is 8.96. The zero-order valence-electron chi connectivity index (χ0n) is 15.6. The Labute approximate surface area is 176 Å². The summed E-state index contributed by atoms with van der Waals surface area (Å²) in [5.41, 5.74) is 1.35. The van der Waals surface area contributed by atoms with Gasteiger partial charge in [0.15, 0.2) is 0 Å². The monoisotopic (exact) mass is 460 g/mol. The van der Waals surface area contributed by atoms with Crippen molar-refractivity contribution < 1.29 is 26.7 Å². The molecule has 0 bridgehead atoms. The number of aromatic amines is 1. The predicted octanol–water partition coefficient (Wildman–Crippen LogP) is 3.57. The lowest BCUT2D eigenvalue weighted by Crippen LogP contribution is -2.46. The largest absolute Gasteiger partial charge is 0.405 e. The average Bonchev–Trinajstić information content (AvgIpc) is 3.25. The molecule has 3 aromatic rings. The fourth-order valence-corrected chi connectivity index (χ4v) is 3.57. The summed E-state index contributed by atoms with van der Waals surface area (Å²) in [6, 6.07) is 0.113. The molecule has 7 nitrogen and oxygen atoms in total. The zero-order chi connectivity index (χ0) is 22.4. The molecule has 0 unspecified atom stereocenters. The number of halogens is 6. The molecule has 1 fully saturated rings. The summed E-state index contributed by atoms with van der Waals surface area (Å²) in [4.78, 5) is 28.6. The van der Waals surface area contributed by atoms with Crippen LogP contribution in [0.5, 0.6) is 0 Å². The zero-order valence-corrected chi connectivity index (χ0v) is 16.3. The van der Waals surface area contributed by atoms with Crippen LogP contribution in [0, 0.1) is 0 Å². The molecule has 1 atom stereocenters. The molecule has 1 aliphatic rings. The molecular formula is C18H14ClF5N6O. The van der Waals surface area contributed by atoms with Crippen molar-refractivity contribution in [1.82, 2.24) is 25.3 Å². The smallest absolute Gasteiger partial charge is 0.345 e. The lowest BCUT2D eigenvalue weighted by atomic mass is 10.1. The molecule has 1 saturated heterocycles. The van der Waals surface area contributed by atoms with Gasteiger partial charge in [-0.1, -0.05) is 11.6 Å². The van der Waals surface area contributed by atoms with Crippen LogP contribution >= 0.6 is 11.6 Å². The highest BCUT2D eigenvalue weighted by molar-refractivity contribution is 6.31. The van der Waals surface area contributed by atoms with E-state index in [0.717, 1.165) is 4.90 Å². The number of carbonyl (C=O) groups excluding carboxylic acids is 1. The number of nitrogens with one attached hydrogen (secondary N) is 2. The number of hydrogen-bond donors (Lipinski definition) is 2. The minimum Gasteiger partial charge on any atom is -0.345 e. The van der Waals surface area contributed by atoms with Gasteiger partial charge < -0.3 is 15.2 Å². The summed E-state index contributed by atoms with van der Waals surface area (Å²) in [6.45, 7) is -2.49. The molecule has 0 spiro atoms. The van der Waals surface area contributed by atoms with Crippen LogP contribution in [0.15, 0.2) is 30.9 Å². The van der Waals surface area contributed by atoms with Crippen LogP contribution in [0.3, 0.4) is 0 Å². The second-order valence-electron chi connectivity index (χ2n) is 7.05. The third-order valence-electron chi connectivity index (χ3n) is 4.73. The van der Waals surface area contributed by atoms with Crippen LogP contribution in [-0.4, -0.2) is 57.1 Å². The van der Waals surface area contributed by atoms with Crippen LogP contribution in [0.4, 0.5) is 27.8 Å². The van der Waals surface area contributed by atoms with E-state index < -0.39 is 43.6 Å². The Balaban J connectivity index is 1.66. The molecule has 164 valence electrons. The van der Waals surface area contributed by atoms with Crippen LogP contribution < -0.4 is 10.2 Å². The number of nitrogens with zero attached hydrogens (tertiary/aromatic N) is 4. The van der Waals surface area contributed by atoms with Crippen molar-refractivity contribution in [2.24, 2.45) is 0 Å². The van der Waals surface area contributed by atoms with Crippen LogP contribution in [0.2, 0.25) is 5.02 Å². The van der Waals surface area contributed by atoms with Gasteiger partial charge in [0, 0.05) is 29.8 Å². The minimum atomic E-state index is -4.66.